The Morgan fingerprint density at radius 1 is 0.931 bits per heavy atom. The second-order valence-electron chi connectivity index (χ2n) is 6.72. The molecule has 0 bridgehead atoms. The van der Waals surface area contributed by atoms with Gasteiger partial charge >= 0.3 is 11.9 Å². The van der Waals surface area contributed by atoms with Crippen molar-refractivity contribution < 1.29 is 24.2 Å². The maximum atomic E-state index is 12.6. The Labute approximate surface area is 166 Å². The molecule has 6 heteroatoms. The van der Waals surface area contributed by atoms with Crippen molar-refractivity contribution in [1.82, 2.24) is 0 Å². The van der Waals surface area contributed by atoms with E-state index < -0.39 is 18.0 Å². The molecule has 1 heterocycles. The third-order valence-corrected chi connectivity index (χ3v) is 4.80. The maximum absolute atomic E-state index is 12.6. The fourth-order valence-electron chi connectivity index (χ4n) is 3.29. The van der Waals surface area contributed by atoms with Gasteiger partial charge in [-0.05, 0) is 53.6 Å². The lowest BCUT2D eigenvalue weighted by molar-refractivity contribution is 0.0252. The van der Waals surface area contributed by atoms with Gasteiger partial charge in [0, 0.05) is 17.7 Å². The molecule has 1 aliphatic rings. The molecule has 0 fully saturated rings. The van der Waals surface area contributed by atoms with Crippen molar-refractivity contribution in [1.29, 1.82) is 0 Å². The standard InChI is InChI=1S/C23H17NO5/c25-21(24-18-9-6-15(7-10-18)22(26)27)16-8-11-19-17(12-16)13-20(29-23(19)28)14-4-2-1-3-5-14/h1-12,20H,13H2,(H,24,25)(H,26,27)/t20-/m1/s1. The van der Waals surface area contributed by atoms with E-state index in [1.807, 2.05) is 30.3 Å². The third kappa shape index (κ3) is 3.87. The van der Waals surface area contributed by atoms with Crippen molar-refractivity contribution in [2.24, 2.45) is 0 Å². The first-order valence-electron chi connectivity index (χ1n) is 9.05. The molecule has 0 spiro atoms. The highest BCUT2D eigenvalue weighted by Gasteiger charge is 2.28. The van der Waals surface area contributed by atoms with Gasteiger partial charge in [0.05, 0.1) is 11.1 Å². The fraction of sp³-hybridized carbons (Fsp3) is 0.0870. The van der Waals surface area contributed by atoms with Gasteiger partial charge in [0.25, 0.3) is 5.91 Å². The second kappa shape index (κ2) is 7.59. The zero-order chi connectivity index (χ0) is 20.4. The van der Waals surface area contributed by atoms with E-state index in [0.29, 0.717) is 23.2 Å². The lowest BCUT2D eigenvalue weighted by Crippen LogP contribution is -2.23. The number of nitrogens with one attached hydrogen (secondary N) is 1. The predicted octanol–water partition coefficient (Wildman–Crippen LogP) is 4.09. The Bertz CT molecular complexity index is 1090. The van der Waals surface area contributed by atoms with Crippen LogP contribution in [0.25, 0.3) is 0 Å². The van der Waals surface area contributed by atoms with Crippen LogP contribution in [-0.2, 0) is 11.2 Å². The quantitative estimate of drug-likeness (QED) is 0.658. The number of amides is 1. The maximum Gasteiger partial charge on any atom is 0.339 e. The van der Waals surface area contributed by atoms with Crippen molar-refractivity contribution in [3.63, 3.8) is 0 Å². The Balaban J connectivity index is 1.55. The van der Waals surface area contributed by atoms with Gasteiger partial charge in [-0.2, -0.15) is 0 Å². The van der Waals surface area contributed by atoms with Crippen LogP contribution in [0.1, 0.15) is 48.3 Å². The number of cyclic esters (lactones) is 1. The van der Waals surface area contributed by atoms with E-state index in [9.17, 15) is 14.4 Å². The summed E-state index contributed by atoms with van der Waals surface area (Å²) < 4.78 is 5.54. The molecule has 0 unspecified atom stereocenters. The summed E-state index contributed by atoms with van der Waals surface area (Å²) in [7, 11) is 0. The number of rotatable bonds is 4. The number of carbonyl (C=O) groups is 3. The molecule has 144 valence electrons. The van der Waals surface area contributed by atoms with Crippen LogP contribution < -0.4 is 5.32 Å². The minimum absolute atomic E-state index is 0.141. The third-order valence-electron chi connectivity index (χ3n) is 4.80. The molecule has 1 amide bonds. The number of benzene rings is 3. The minimum Gasteiger partial charge on any atom is -0.478 e. The average Bonchev–Trinajstić information content (AvgIpc) is 2.74. The van der Waals surface area contributed by atoms with Crippen LogP contribution >= 0.6 is 0 Å². The van der Waals surface area contributed by atoms with Crippen LogP contribution in [0.5, 0.6) is 0 Å². The van der Waals surface area contributed by atoms with Gasteiger partial charge in [0.2, 0.25) is 0 Å². The number of hydrogen-bond donors (Lipinski definition) is 2. The molecule has 1 aliphatic heterocycles. The van der Waals surface area contributed by atoms with E-state index in [-0.39, 0.29) is 11.5 Å². The molecule has 4 rings (SSSR count). The van der Waals surface area contributed by atoms with Crippen LogP contribution in [0, 0.1) is 0 Å². The highest BCUT2D eigenvalue weighted by atomic mass is 16.5. The number of carboxylic acids is 1. The van der Waals surface area contributed by atoms with Crippen LogP contribution in [0.2, 0.25) is 0 Å². The van der Waals surface area contributed by atoms with Gasteiger partial charge in [0.15, 0.2) is 0 Å². The van der Waals surface area contributed by atoms with Crippen molar-refractivity contribution >= 4 is 23.5 Å². The summed E-state index contributed by atoms with van der Waals surface area (Å²) in [6.07, 6.45) is 0.0950. The van der Waals surface area contributed by atoms with Crippen molar-refractivity contribution in [3.05, 3.63) is 101 Å². The largest absolute Gasteiger partial charge is 0.478 e. The first-order chi connectivity index (χ1) is 14.0. The average molecular weight is 387 g/mol. The lowest BCUT2D eigenvalue weighted by Gasteiger charge is -2.25. The molecule has 0 radical (unpaired) electrons. The fourth-order valence-corrected chi connectivity index (χ4v) is 3.29. The van der Waals surface area contributed by atoms with E-state index in [4.69, 9.17) is 9.84 Å². The Hall–Kier alpha value is -3.93. The van der Waals surface area contributed by atoms with E-state index in [1.54, 1.807) is 18.2 Å². The van der Waals surface area contributed by atoms with Crippen LogP contribution in [0.3, 0.4) is 0 Å². The van der Waals surface area contributed by atoms with Gasteiger partial charge in [-0.3, -0.25) is 4.79 Å². The number of esters is 1. The molecular formula is C23H17NO5. The summed E-state index contributed by atoms with van der Waals surface area (Å²) in [5.41, 5.74) is 3.15. The summed E-state index contributed by atoms with van der Waals surface area (Å²) in [6, 6.07) is 20.3. The highest BCUT2D eigenvalue weighted by molar-refractivity contribution is 6.05. The molecule has 29 heavy (non-hydrogen) atoms. The van der Waals surface area contributed by atoms with Crippen molar-refractivity contribution in [3.8, 4) is 0 Å². The van der Waals surface area contributed by atoms with Crippen LogP contribution in [-0.4, -0.2) is 23.0 Å². The Morgan fingerprint density at radius 2 is 1.62 bits per heavy atom. The Kier molecular flexibility index (Phi) is 4.83. The summed E-state index contributed by atoms with van der Waals surface area (Å²) in [5, 5.41) is 11.7. The summed E-state index contributed by atoms with van der Waals surface area (Å²) in [4.78, 5) is 35.9. The molecule has 0 aromatic heterocycles. The predicted molar refractivity (Wildman–Crippen MR) is 106 cm³/mol. The number of anilines is 1. The number of carboxylic acid groups (broad SMARTS) is 1. The zero-order valence-electron chi connectivity index (χ0n) is 15.3. The number of carbonyl (C=O) groups excluding carboxylic acids is 2. The molecule has 0 saturated carbocycles. The molecule has 6 nitrogen and oxygen atoms in total. The zero-order valence-corrected chi connectivity index (χ0v) is 15.3. The van der Waals surface area contributed by atoms with Gasteiger partial charge in [-0.25, -0.2) is 9.59 Å². The summed E-state index contributed by atoms with van der Waals surface area (Å²) in [6.45, 7) is 0. The van der Waals surface area contributed by atoms with Gasteiger partial charge in [-0.15, -0.1) is 0 Å². The second-order valence-corrected chi connectivity index (χ2v) is 6.72. The molecular weight excluding hydrogens is 370 g/mol. The molecule has 1 atom stereocenters. The number of ether oxygens (including phenoxy) is 1. The van der Waals surface area contributed by atoms with E-state index in [1.165, 1.54) is 24.3 Å². The molecule has 3 aromatic rings. The molecule has 3 aromatic carbocycles. The number of aromatic carboxylic acids is 1. The van der Waals surface area contributed by atoms with Crippen molar-refractivity contribution in [2.45, 2.75) is 12.5 Å². The van der Waals surface area contributed by atoms with E-state index in [0.717, 1.165) is 11.1 Å². The lowest BCUT2D eigenvalue weighted by atomic mass is 9.93. The monoisotopic (exact) mass is 387 g/mol. The van der Waals surface area contributed by atoms with E-state index in [2.05, 4.69) is 5.32 Å². The van der Waals surface area contributed by atoms with Crippen LogP contribution in [0.15, 0.2) is 72.8 Å². The summed E-state index contributed by atoms with van der Waals surface area (Å²) in [5.74, 6) is -1.78. The molecule has 2 N–H and O–H groups in total. The topological polar surface area (TPSA) is 92.7 Å². The highest BCUT2D eigenvalue weighted by Crippen LogP contribution is 2.31. The van der Waals surface area contributed by atoms with Gasteiger partial charge in [0.1, 0.15) is 6.10 Å². The number of hydrogen-bond acceptors (Lipinski definition) is 4. The van der Waals surface area contributed by atoms with Crippen molar-refractivity contribution in [2.75, 3.05) is 5.32 Å². The van der Waals surface area contributed by atoms with Gasteiger partial charge in [-0.1, -0.05) is 30.3 Å². The smallest absolute Gasteiger partial charge is 0.339 e. The first kappa shape index (κ1) is 18.4. The Morgan fingerprint density at radius 3 is 2.31 bits per heavy atom. The normalized spacial score (nSPS) is 15.2. The SMILES string of the molecule is O=C(O)c1ccc(NC(=O)c2ccc3c(c2)C[C@H](c2ccccc2)OC3=O)cc1. The first-order valence-corrected chi connectivity index (χ1v) is 9.05. The number of fused-ring (bicyclic) bond motifs is 1. The minimum atomic E-state index is -1.03. The molecule has 0 saturated heterocycles. The van der Waals surface area contributed by atoms with Crippen LogP contribution in [0.4, 0.5) is 5.69 Å². The summed E-state index contributed by atoms with van der Waals surface area (Å²) >= 11 is 0. The van der Waals surface area contributed by atoms with Gasteiger partial charge < -0.3 is 15.2 Å². The van der Waals surface area contributed by atoms with E-state index >= 15 is 0 Å². The molecule has 0 aliphatic carbocycles.